The second-order valence-electron chi connectivity index (χ2n) is 23.0. The molecule has 1 atom stereocenters. The number of likely N-dealkylation sites (tertiary alicyclic amines) is 1. The summed E-state index contributed by atoms with van der Waals surface area (Å²) in [7, 11) is 1.76. The van der Waals surface area contributed by atoms with Gasteiger partial charge in [-0.2, -0.15) is 23.5 Å². The van der Waals surface area contributed by atoms with Crippen molar-refractivity contribution in [2.75, 3.05) is 62.7 Å². The minimum absolute atomic E-state index is 0.0111. The summed E-state index contributed by atoms with van der Waals surface area (Å²) >= 11 is 0. The number of fused-ring (bicyclic) bond motifs is 2. The number of nitriles is 1. The molecule has 1 unspecified atom stereocenters. The van der Waals surface area contributed by atoms with E-state index in [-0.39, 0.29) is 35.1 Å². The average Bonchev–Trinajstić information content (AvgIpc) is 3.75. The van der Waals surface area contributed by atoms with Crippen molar-refractivity contribution in [3.8, 4) is 11.8 Å². The maximum absolute atomic E-state index is 13.7. The van der Waals surface area contributed by atoms with Gasteiger partial charge in [-0.3, -0.25) is 19.3 Å². The van der Waals surface area contributed by atoms with Crippen LogP contribution in [0.2, 0.25) is 0 Å². The van der Waals surface area contributed by atoms with E-state index in [4.69, 9.17) is 15.6 Å². The zero-order chi connectivity index (χ0) is 53.1. The number of nitrogens with zero attached hydrogens (tertiary/aromatic N) is 10. The number of aryl methyl sites for hydroxylation is 2. The number of carbonyl (C=O) groups is 2. The highest BCUT2D eigenvalue weighted by Crippen LogP contribution is 2.56. The molecule has 1 aliphatic carbocycles. The first-order valence-electron chi connectivity index (χ1n) is 26.0. The molecular weight excluding hydrogens is 946 g/mol. The van der Waals surface area contributed by atoms with Crippen LogP contribution in [0.15, 0.2) is 53.9 Å². The highest BCUT2D eigenvalue weighted by Gasteiger charge is 2.64. The number of allylic oxidation sites excluding steroid dienone is 1. The van der Waals surface area contributed by atoms with Gasteiger partial charge in [-0.25, -0.2) is 9.97 Å². The standard InChI is InChI=1S/C56H71F3N12O3/c1-34-23-47-36(24-43(34)38(27-61)28-62-9)11-10-18-70(47)48-44-32-68(35(2)72)22-17-46(44)71(66-48)41-15-19-67(20-16-41)31-40-14-21-69(33-53(40,3)4)52-63-29-39(30-64-52)49(73)65-50-54(5,6)51(55(50,7)8)74-42-13-12-37(26-60)45(25-42)56(57,58)59/h12-13,23-25,27-30,40-41,50-51H,10-11,14-22,31-33,61H2,1-9H3,(H,65,73)/b38-27+,62-28?. The van der Waals surface area contributed by atoms with Gasteiger partial charge in [-0.05, 0) is 97.4 Å². The number of anilines is 3. The fourth-order valence-electron chi connectivity index (χ4n) is 13.1. The number of hydrogen-bond donors (Lipinski definition) is 2. The SMILES string of the molecule is CN=C/C(=C\N)c1cc2c(cc1C)N(c1nn(C3CCN(CC4CCN(c5ncc(C(=O)NC6C(C)(C)C(Oc7ccc(C#N)c(C(F)(F)F)c7)C6(C)C)cn5)CC4(C)C)CC3)c3c1CN(C(C)=O)CC3)CCC2. The van der Waals surface area contributed by atoms with Crippen molar-refractivity contribution in [1.82, 2.24) is 34.9 Å². The monoisotopic (exact) mass is 1020 g/mol. The summed E-state index contributed by atoms with van der Waals surface area (Å²) in [6.07, 6.45) is 7.03. The van der Waals surface area contributed by atoms with E-state index in [1.54, 1.807) is 38.6 Å². The van der Waals surface area contributed by atoms with Crippen LogP contribution in [0.3, 0.4) is 0 Å². The number of halogens is 3. The Morgan fingerprint density at radius 3 is 2.34 bits per heavy atom. The number of nitrogens with two attached hydrogens (primary N) is 1. The number of alkyl halides is 3. The van der Waals surface area contributed by atoms with Gasteiger partial charge >= 0.3 is 6.18 Å². The number of aromatic nitrogens is 4. The molecule has 3 fully saturated rings. The average molecular weight is 1020 g/mol. The minimum Gasteiger partial charge on any atom is -0.489 e. The minimum atomic E-state index is -4.71. The first-order chi connectivity index (χ1) is 35.0. The maximum Gasteiger partial charge on any atom is 0.417 e. The molecule has 0 spiro atoms. The van der Waals surface area contributed by atoms with Crippen LogP contribution in [-0.2, 0) is 30.4 Å². The fraction of sp³-hybridized carbons (Fsp3) is 0.554. The molecule has 4 aromatic rings. The Morgan fingerprint density at radius 2 is 1.70 bits per heavy atom. The highest BCUT2D eigenvalue weighted by atomic mass is 19.4. The molecule has 0 bridgehead atoms. The van der Waals surface area contributed by atoms with Crippen LogP contribution in [0.25, 0.3) is 5.57 Å². The summed E-state index contributed by atoms with van der Waals surface area (Å²) in [6.45, 7) is 22.7. The number of piperidine rings is 2. The number of ether oxygens (including phenoxy) is 1. The van der Waals surface area contributed by atoms with Crippen molar-refractivity contribution in [2.45, 2.75) is 125 Å². The Kier molecular flexibility index (Phi) is 14.2. The normalized spacial score (nSPS) is 22.9. The van der Waals surface area contributed by atoms with Crippen molar-refractivity contribution in [2.24, 2.45) is 32.9 Å². The molecule has 74 heavy (non-hydrogen) atoms. The van der Waals surface area contributed by atoms with Crippen LogP contribution in [0.1, 0.15) is 130 Å². The third kappa shape index (κ3) is 9.84. The van der Waals surface area contributed by atoms with E-state index in [0.29, 0.717) is 30.5 Å². The summed E-state index contributed by atoms with van der Waals surface area (Å²) in [6, 6.07) is 9.39. The van der Waals surface area contributed by atoms with Gasteiger partial charge in [-0.1, -0.05) is 41.5 Å². The van der Waals surface area contributed by atoms with E-state index in [9.17, 15) is 28.0 Å². The van der Waals surface area contributed by atoms with Crippen molar-refractivity contribution in [1.29, 1.82) is 5.26 Å². The van der Waals surface area contributed by atoms with E-state index < -0.39 is 34.2 Å². The van der Waals surface area contributed by atoms with Crippen LogP contribution in [0.5, 0.6) is 5.75 Å². The number of rotatable bonds is 11. The number of hydrogen-bond acceptors (Lipinski definition) is 12. The fourth-order valence-corrected chi connectivity index (χ4v) is 13.1. The van der Waals surface area contributed by atoms with E-state index >= 15 is 0 Å². The van der Waals surface area contributed by atoms with Gasteiger partial charge in [0, 0.05) is 130 Å². The predicted octanol–water partition coefficient (Wildman–Crippen LogP) is 8.66. The lowest BCUT2D eigenvalue weighted by Gasteiger charge is -2.63. The van der Waals surface area contributed by atoms with E-state index in [1.807, 2.05) is 38.8 Å². The second-order valence-corrected chi connectivity index (χ2v) is 23.0. The molecule has 9 rings (SSSR count). The molecule has 2 aromatic heterocycles. The maximum atomic E-state index is 13.7. The third-order valence-corrected chi connectivity index (χ3v) is 16.9. The molecule has 394 valence electrons. The smallest absolute Gasteiger partial charge is 0.417 e. The third-order valence-electron chi connectivity index (χ3n) is 16.9. The molecule has 2 saturated heterocycles. The lowest BCUT2D eigenvalue weighted by atomic mass is 9.49. The summed E-state index contributed by atoms with van der Waals surface area (Å²) < 4.78 is 49.6. The highest BCUT2D eigenvalue weighted by molar-refractivity contribution is 6.10. The van der Waals surface area contributed by atoms with Crippen LogP contribution < -0.4 is 25.6 Å². The Labute approximate surface area is 433 Å². The lowest BCUT2D eigenvalue weighted by Crippen LogP contribution is -2.74. The molecule has 3 N–H and O–H groups in total. The van der Waals surface area contributed by atoms with E-state index in [0.717, 1.165) is 112 Å². The van der Waals surface area contributed by atoms with E-state index in [1.165, 1.54) is 28.6 Å². The summed E-state index contributed by atoms with van der Waals surface area (Å²) in [5, 5.41) is 17.9. The number of amides is 2. The van der Waals surface area contributed by atoms with Gasteiger partial charge in [-0.15, -0.1) is 0 Å². The molecule has 1 saturated carbocycles. The Balaban J connectivity index is 0.812. The zero-order valence-corrected chi connectivity index (χ0v) is 44.3. The van der Waals surface area contributed by atoms with Crippen LogP contribution in [0.4, 0.5) is 30.6 Å². The number of aliphatic imine (C=N–C) groups is 1. The number of nitrogens with one attached hydrogen (secondary N) is 1. The molecule has 4 aliphatic heterocycles. The second kappa shape index (κ2) is 20.0. The lowest BCUT2D eigenvalue weighted by molar-refractivity contribution is -0.164. The molecule has 0 radical (unpaired) electrons. The number of benzene rings is 2. The molecule has 2 aromatic carbocycles. The summed E-state index contributed by atoms with van der Waals surface area (Å²) in [5.74, 6) is 1.77. The van der Waals surface area contributed by atoms with Crippen molar-refractivity contribution in [3.05, 3.63) is 93.6 Å². The van der Waals surface area contributed by atoms with Crippen LogP contribution in [-0.4, -0.2) is 113 Å². The molecule has 6 heterocycles. The van der Waals surface area contributed by atoms with Gasteiger partial charge in [0.15, 0.2) is 5.82 Å². The molecular formula is C56H71F3N12O3. The quantitative estimate of drug-likeness (QED) is 0.138. The molecule has 18 heteroatoms. The first-order valence-corrected chi connectivity index (χ1v) is 26.0. The Morgan fingerprint density at radius 1 is 0.986 bits per heavy atom. The first kappa shape index (κ1) is 52.4. The van der Waals surface area contributed by atoms with Crippen molar-refractivity contribution < 1.29 is 27.5 Å². The van der Waals surface area contributed by atoms with E-state index in [2.05, 4.69) is 72.6 Å². The van der Waals surface area contributed by atoms with Crippen LogP contribution >= 0.6 is 0 Å². The molecule has 15 nitrogen and oxygen atoms in total. The van der Waals surface area contributed by atoms with Gasteiger partial charge < -0.3 is 35.4 Å². The van der Waals surface area contributed by atoms with Gasteiger partial charge in [0.05, 0.1) is 35.3 Å². The largest absolute Gasteiger partial charge is 0.489 e. The summed E-state index contributed by atoms with van der Waals surface area (Å²) in [5.41, 5.74) is 11.5. The molecule has 5 aliphatic rings. The Bertz CT molecular complexity index is 2880. The zero-order valence-electron chi connectivity index (χ0n) is 44.3. The van der Waals surface area contributed by atoms with Gasteiger partial charge in [0.2, 0.25) is 11.9 Å². The topological polar surface area (TPSA) is 174 Å². The van der Waals surface area contributed by atoms with Crippen LogP contribution in [0, 0.1) is 40.4 Å². The Hall–Kier alpha value is -6.48. The van der Waals surface area contributed by atoms with Crippen molar-refractivity contribution >= 4 is 41.1 Å². The molecule has 2 amide bonds. The van der Waals surface area contributed by atoms with Gasteiger partial charge in [0.1, 0.15) is 11.9 Å². The predicted molar refractivity (Wildman–Crippen MR) is 280 cm³/mol. The number of carbonyl (C=O) groups excluding carboxylic acids is 2. The summed E-state index contributed by atoms with van der Waals surface area (Å²) in [4.78, 5) is 49.2. The van der Waals surface area contributed by atoms with Crippen molar-refractivity contribution in [3.63, 3.8) is 0 Å². The van der Waals surface area contributed by atoms with Gasteiger partial charge in [0.25, 0.3) is 5.91 Å².